The van der Waals surface area contributed by atoms with Crippen molar-refractivity contribution in [1.29, 1.82) is 10.5 Å². The zero-order valence-electron chi connectivity index (χ0n) is 25.2. The van der Waals surface area contributed by atoms with Crippen molar-refractivity contribution in [2.75, 3.05) is 13.2 Å². The molecule has 0 aliphatic carbocycles. The van der Waals surface area contributed by atoms with Crippen LogP contribution in [-0.2, 0) is 22.4 Å². The van der Waals surface area contributed by atoms with E-state index in [0.29, 0.717) is 24.1 Å². The molecule has 2 aromatic carbocycles. The fourth-order valence-electron chi connectivity index (χ4n) is 5.12. The van der Waals surface area contributed by atoms with E-state index >= 15 is 0 Å². The van der Waals surface area contributed by atoms with E-state index in [4.69, 9.17) is 19.7 Å². The second-order valence-corrected chi connectivity index (χ2v) is 12.6. The van der Waals surface area contributed by atoms with E-state index in [0.717, 1.165) is 55.8 Å². The summed E-state index contributed by atoms with van der Waals surface area (Å²) >= 11 is 3.50. The highest BCUT2D eigenvalue weighted by Gasteiger charge is 2.52. The van der Waals surface area contributed by atoms with Crippen LogP contribution in [0.5, 0.6) is 0 Å². The van der Waals surface area contributed by atoms with E-state index in [-0.39, 0.29) is 13.2 Å². The monoisotopic (exact) mass is 632 g/mol. The average Bonchev–Trinajstić information content (AvgIpc) is 3.52. The van der Waals surface area contributed by atoms with E-state index < -0.39 is 18.3 Å². The zero-order chi connectivity index (χ0) is 30.8. The molecule has 42 heavy (non-hydrogen) atoms. The number of benzene rings is 2. The molecule has 1 aliphatic heterocycles. The molecule has 0 radical (unpaired) electrons. The van der Waals surface area contributed by atoms with E-state index in [2.05, 4.69) is 37.2 Å². The van der Waals surface area contributed by atoms with Gasteiger partial charge in [0.15, 0.2) is 0 Å². The quantitative estimate of drug-likeness (QED) is 0.261. The maximum absolute atomic E-state index is 9.40. The molecule has 0 saturated carbocycles. The molecule has 3 heterocycles. The molecule has 5 rings (SSSR count). The first-order valence-corrected chi connectivity index (χ1v) is 15.0. The minimum Gasteiger partial charge on any atom is -0.399 e. The van der Waals surface area contributed by atoms with Crippen LogP contribution < -0.4 is 5.46 Å². The molecule has 0 amide bonds. The van der Waals surface area contributed by atoms with Gasteiger partial charge in [0.25, 0.3) is 0 Å². The van der Waals surface area contributed by atoms with Crippen LogP contribution in [0, 0.1) is 36.5 Å². The molecule has 0 spiro atoms. The Kier molecular flexibility index (Phi) is 9.57. The number of hydrogen-bond acceptors (Lipinski definition) is 6. The van der Waals surface area contributed by atoms with Crippen LogP contribution in [0.15, 0.2) is 41.1 Å². The number of nitriles is 2. The topological polar surface area (TPSA) is 116 Å². The Balaban J connectivity index is 0.000000208. The van der Waals surface area contributed by atoms with Crippen molar-refractivity contribution in [3.8, 4) is 12.1 Å². The van der Waals surface area contributed by atoms with Gasteiger partial charge in [0.1, 0.15) is 0 Å². The van der Waals surface area contributed by atoms with Crippen molar-refractivity contribution in [2.24, 2.45) is 0 Å². The number of halogens is 1. The van der Waals surface area contributed by atoms with Gasteiger partial charge in [0, 0.05) is 70.4 Å². The number of aromatic nitrogens is 2. The molecule has 0 bridgehead atoms. The third-order valence-corrected chi connectivity index (χ3v) is 8.93. The maximum Gasteiger partial charge on any atom is 0.497 e. The first-order chi connectivity index (χ1) is 19.9. The summed E-state index contributed by atoms with van der Waals surface area (Å²) in [5, 5.41) is 38.5. The molecule has 0 atom stereocenters. The van der Waals surface area contributed by atoms with Gasteiger partial charge in [0.2, 0.25) is 0 Å². The van der Waals surface area contributed by atoms with Gasteiger partial charge in [-0.25, -0.2) is 0 Å². The molecule has 220 valence electrons. The molecular formula is C32H38BBrN4O4. The summed E-state index contributed by atoms with van der Waals surface area (Å²) in [7, 11) is -0.475. The Morgan fingerprint density at radius 3 is 1.71 bits per heavy atom. The number of hydrogen-bond donors (Lipinski definition) is 2. The first kappa shape index (κ1) is 31.8. The molecule has 2 N–H and O–H groups in total. The Hall–Kier alpha value is -3.12. The minimum atomic E-state index is -0.475. The van der Waals surface area contributed by atoms with Gasteiger partial charge in [-0.05, 0) is 106 Å². The fourth-order valence-corrected chi connectivity index (χ4v) is 5.68. The van der Waals surface area contributed by atoms with Crippen LogP contribution >= 0.6 is 15.9 Å². The largest absolute Gasteiger partial charge is 0.497 e. The van der Waals surface area contributed by atoms with Gasteiger partial charge < -0.3 is 28.7 Å². The number of aryl methyl sites for hydroxylation is 4. The van der Waals surface area contributed by atoms with Gasteiger partial charge in [-0.1, -0.05) is 0 Å². The number of nitrogens with zero attached hydrogens (tertiary/aromatic N) is 4. The van der Waals surface area contributed by atoms with Crippen LogP contribution in [0.25, 0.3) is 21.8 Å². The van der Waals surface area contributed by atoms with E-state index in [1.807, 2.05) is 78.2 Å². The van der Waals surface area contributed by atoms with Crippen molar-refractivity contribution in [2.45, 2.75) is 78.7 Å². The van der Waals surface area contributed by atoms with Crippen LogP contribution in [0.4, 0.5) is 0 Å². The summed E-state index contributed by atoms with van der Waals surface area (Å²) in [6.07, 6.45) is 5.44. The summed E-state index contributed by atoms with van der Waals surface area (Å²) in [4.78, 5) is 0. The van der Waals surface area contributed by atoms with Crippen molar-refractivity contribution in [3.63, 3.8) is 0 Å². The van der Waals surface area contributed by atoms with Crippen LogP contribution in [-0.4, -0.2) is 50.9 Å². The summed E-state index contributed by atoms with van der Waals surface area (Å²) in [5.41, 5.74) is 5.53. The number of fused-ring (bicyclic) bond motifs is 2. The summed E-state index contributed by atoms with van der Waals surface area (Å²) in [5.74, 6) is 0. The fraction of sp³-hybridized carbons (Fsp3) is 0.438. The van der Waals surface area contributed by atoms with Gasteiger partial charge >= 0.3 is 7.12 Å². The van der Waals surface area contributed by atoms with Crippen LogP contribution in [0.1, 0.15) is 62.8 Å². The third-order valence-electron chi connectivity index (χ3n) is 8.30. The lowest BCUT2D eigenvalue weighted by atomic mass is 9.78. The lowest BCUT2D eigenvalue weighted by molar-refractivity contribution is 0.00578. The van der Waals surface area contributed by atoms with Gasteiger partial charge in [-0.15, -0.1) is 0 Å². The second-order valence-electron chi connectivity index (χ2n) is 11.8. The predicted molar refractivity (Wildman–Crippen MR) is 170 cm³/mol. The molecule has 2 aromatic heterocycles. The van der Waals surface area contributed by atoms with Crippen LogP contribution in [0.3, 0.4) is 0 Å². The van der Waals surface area contributed by atoms with Crippen molar-refractivity contribution >= 4 is 50.3 Å². The summed E-state index contributed by atoms with van der Waals surface area (Å²) < 4.78 is 17.6. The number of aliphatic hydroxyl groups excluding tert-OH is 2. The zero-order valence-corrected chi connectivity index (χ0v) is 26.7. The van der Waals surface area contributed by atoms with Crippen molar-refractivity contribution in [3.05, 3.63) is 63.4 Å². The highest BCUT2D eigenvalue weighted by Crippen LogP contribution is 2.37. The second kappa shape index (κ2) is 12.6. The summed E-state index contributed by atoms with van der Waals surface area (Å²) in [6.45, 7) is 13.8. The highest BCUT2D eigenvalue weighted by molar-refractivity contribution is 9.10. The molecule has 0 unspecified atom stereocenters. The molecular weight excluding hydrogens is 595 g/mol. The number of rotatable bonds is 7. The molecule has 1 saturated heterocycles. The van der Waals surface area contributed by atoms with Crippen LogP contribution in [0.2, 0.25) is 0 Å². The Morgan fingerprint density at radius 1 is 0.786 bits per heavy atom. The van der Waals surface area contributed by atoms with Crippen molar-refractivity contribution < 1.29 is 19.5 Å². The average molecular weight is 633 g/mol. The normalized spacial score (nSPS) is 15.5. The Morgan fingerprint density at radius 2 is 1.24 bits per heavy atom. The minimum absolute atomic E-state index is 0.140. The lowest BCUT2D eigenvalue weighted by Gasteiger charge is -2.32. The van der Waals surface area contributed by atoms with Crippen molar-refractivity contribution in [1.82, 2.24) is 9.13 Å². The third kappa shape index (κ3) is 6.15. The molecule has 1 aliphatic rings. The Bertz CT molecular complexity index is 1680. The molecule has 10 heteroatoms. The smallest absolute Gasteiger partial charge is 0.399 e. The molecule has 8 nitrogen and oxygen atoms in total. The van der Waals surface area contributed by atoms with Gasteiger partial charge in [-0.3, -0.25) is 0 Å². The predicted octanol–water partition coefficient (Wildman–Crippen LogP) is 5.47. The van der Waals surface area contributed by atoms with E-state index in [1.54, 1.807) is 0 Å². The first-order valence-electron chi connectivity index (χ1n) is 14.2. The number of aliphatic hydroxyl groups is 2. The Labute approximate surface area is 256 Å². The summed E-state index contributed by atoms with van der Waals surface area (Å²) in [6, 6.07) is 12.3. The molecule has 1 fully saturated rings. The lowest BCUT2D eigenvalue weighted by Crippen LogP contribution is -2.41. The van der Waals surface area contributed by atoms with E-state index in [9.17, 15) is 10.4 Å². The standard InChI is InChI=1S/C19H25BN2O3.C13H13BrN2O/c1-13-9-17-15(10-14(13)11-21)16(12-22(17)7-6-8-23)20-24-18(2,3)19(4,5)25-20;1-9-5-13-11(6-10(9)7-15)12(14)8-16(13)3-2-4-17/h9-10,12,23H,6-8H2,1-5H3;5-6,8,17H,2-4H2,1H3. The SMILES string of the molecule is Cc1cc2c(cc1C#N)c(B1OC(C)(C)C(C)(C)O1)cn2CCCO.Cc1cc2c(cc1C#N)c(Br)cn2CCCO. The molecule has 4 aromatic rings. The maximum atomic E-state index is 9.40. The highest BCUT2D eigenvalue weighted by atomic mass is 79.9. The van der Waals surface area contributed by atoms with Gasteiger partial charge in [0.05, 0.1) is 34.5 Å². The van der Waals surface area contributed by atoms with Gasteiger partial charge in [-0.2, -0.15) is 10.5 Å². The van der Waals surface area contributed by atoms with E-state index in [1.165, 1.54) is 0 Å².